The van der Waals surface area contributed by atoms with Gasteiger partial charge in [0.1, 0.15) is 22.3 Å². The van der Waals surface area contributed by atoms with E-state index in [2.05, 4.69) is 30.3 Å². The molecule has 0 bridgehead atoms. The van der Waals surface area contributed by atoms with E-state index in [1.54, 1.807) is 16.7 Å². The summed E-state index contributed by atoms with van der Waals surface area (Å²) in [6.07, 6.45) is 0. The van der Waals surface area contributed by atoms with Gasteiger partial charge in [-0.25, -0.2) is 15.0 Å². The van der Waals surface area contributed by atoms with Crippen LogP contribution in [-0.4, -0.2) is 19.5 Å². The second kappa shape index (κ2) is 14.0. The summed E-state index contributed by atoms with van der Waals surface area (Å²) < 4.78 is 77.0. The zero-order valence-corrected chi connectivity index (χ0v) is 33.2. The van der Waals surface area contributed by atoms with Crippen LogP contribution in [0.15, 0.2) is 215 Å². The molecule has 0 radical (unpaired) electrons. The summed E-state index contributed by atoms with van der Waals surface area (Å²) in [6, 6.07) is 50.5. The van der Waals surface area contributed by atoms with E-state index in [0.29, 0.717) is 45.2 Å². The number of para-hydroxylation sites is 6. The molecular weight excluding hydrogens is 773 g/mol. The van der Waals surface area contributed by atoms with Crippen molar-refractivity contribution in [2.75, 3.05) is 0 Å². The van der Waals surface area contributed by atoms with Gasteiger partial charge in [-0.1, -0.05) is 152 Å². The van der Waals surface area contributed by atoms with Crippen molar-refractivity contribution in [2.24, 2.45) is 0 Å². The molecule has 0 atom stereocenters. The molecule has 0 saturated heterocycles. The Bertz CT molecular complexity index is 4350. The van der Waals surface area contributed by atoms with Crippen LogP contribution >= 0.6 is 0 Å². The predicted octanol–water partition coefficient (Wildman–Crippen LogP) is 15.1. The second-order valence-corrected chi connectivity index (χ2v) is 15.4. The van der Waals surface area contributed by atoms with Crippen LogP contribution in [0.5, 0.6) is 0 Å². The van der Waals surface area contributed by atoms with Crippen LogP contribution in [0.3, 0.4) is 0 Å². The first-order valence-electron chi connectivity index (χ1n) is 24.0. The van der Waals surface area contributed by atoms with Crippen molar-refractivity contribution in [3.8, 4) is 62.1 Å². The van der Waals surface area contributed by atoms with E-state index < -0.39 is 12.1 Å². The molecule has 294 valence electrons. The Kier molecular flexibility index (Phi) is 6.39. The molecule has 6 nitrogen and oxygen atoms in total. The number of rotatable bonds is 6. The first-order chi connectivity index (χ1) is 34.1. The van der Waals surface area contributed by atoms with Crippen molar-refractivity contribution in [1.29, 1.82) is 0 Å². The summed E-state index contributed by atoms with van der Waals surface area (Å²) in [5.74, 6) is 0.885. The minimum Gasteiger partial charge on any atom is -0.455 e. The maximum Gasteiger partial charge on any atom is 0.167 e. The minimum atomic E-state index is -0.478. The highest BCUT2D eigenvalue weighted by Gasteiger charge is 2.22. The van der Waals surface area contributed by atoms with E-state index >= 15 is 0 Å². The Morgan fingerprint density at radius 1 is 0.365 bits per heavy atom. The van der Waals surface area contributed by atoms with Crippen molar-refractivity contribution >= 4 is 65.7 Å². The molecule has 0 amide bonds. The van der Waals surface area contributed by atoms with Gasteiger partial charge in [0.05, 0.1) is 31.9 Å². The fourth-order valence-electron chi connectivity index (χ4n) is 8.90. The first-order valence-corrected chi connectivity index (χ1v) is 20.5. The van der Waals surface area contributed by atoms with Gasteiger partial charge < -0.3 is 13.4 Å². The minimum absolute atomic E-state index is 0.0462. The van der Waals surface area contributed by atoms with E-state index in [4.69, 9.17) is 30.6 Å². The van der Waals surface area contributed by atoms with E-state index in [0.717, 1.165) is 55.0 Å². The van der Waals surface area contributed by atoms with Gasteiger partial charge in [0.2, 0.25) is 0 Å². The van der Waals surface area contributed by atoms with Crippen LogP contribution in [-0.2, 0) is 0 Å². The first kappa shape index (κ1) is 28.8. The Hall–Kier alpha value is -8.61. The third kappa shape index (κ3) is 5.62. The molecule has 0 aliphatic rings. The molecule has 13 rings (SSSR count). The van der Waals surface area contributed by atoms with E-state index in [1.807, 2.05) is 115 Å². The number of benzene rings is 9. The van der Waals surface area contributed by atoms with Crippen LogP contribution in [0.1, 0.15) is 9.60 Å². The Balaban J connectivity index is 1.05. The van der Waals surface area contributed by atoms with Gasteiger partial charge >= 0.3 is 0 Å². The Labute approximate surface area is 370 Å². The smallest absolute Gasteiger partial charge is 0.167 e. The van der Waals surface area contributed by atoms with E-state index in [1.165, 1.54) is 6.07 Å². The molecule has 63 heavy (non-hydrogen) atoms. The van der Waals surface area contributed by atoms with Gasteiger partial charge in [0.15, 0.2) is 17.5 Å². The predicted molar refractivity (Wildman–Crippen MR) is 256 cm³/mol. The SMILES string of the molecule is [2H]c1cc([2H])c2c(c1[2H])c1c([2H])c([2H])c([2H])c([2H])c1n2-c1ccccc1-c1nc(-c2cccc(-c3cccc4c3oc3ccc(-c5ccccc5)cc34)c2)nc(-c2cccc3c2oc2ccccc23)n1. The molecule has 0 saturated carbocycles. The number of furan rings is 2. The lowest BCUT2D eigenvalue weighted by Gasteiger charge is -2.15. The maximum absolute atomic E-state index is 9.21. The monoisotopic (exact) mass is 813 g/mol. The van der Waals surface area contributed by atoms with Gasteiger partial charge in [0, 0.05) is 49.0 Å². The molecule has 0 fully saturated rings. The highest BCUT2D eigenvalue weighted by Crippen LogP contribution is 2.41. The summed E-state index contributed by atoms with van der Waals surface area (Å²) in [5, 5.41) is 3.94. The number of hydrogen-bond acceptors (Lipinski definition) is 5. The molecule has 0 N–H and O–H groups in total. The van der Waals surface area contributed by atoms with Gasteiger partial charge in [-0.15, -0.1) is 0 Å². The molecule has 9 aromatic carbocycles. The van der Waals surface area contributed by atoms with Crippen molar-refractivity contribution in [3.05, 3.63) is 206 Å². The lowest BCUT2D eigenvalue weighted by molar-refractivity contribution is 0.669. The van der Waals surface area contributed by atoms with Gasteiger partial charge in [-0.05, 0) is 71.2 Å². The maximum atomic E-state index is 9.21. The summed E-state index contributed by atoms with van der Waals surface area (Å²) in [6.45, 7) is 0. The Morgan fingerprint density at radius 2 is 0.968 bits per heavy atom. The molecule has 0 unspecified atom stereocenters. The summed E-state index contributed by atoms with van der Waals surface area (Å²) in [4.78, 5) is 15.5. The molecule has 4 aromatic heterocycles. The highest BCUT2D eigenvalue weighted by molar-refractivity contribution is 6.12. The van der Waals surface area contributed by atoms with Crippen LogP contribution < -0.4 is 0 Å². The van der Waals surface area contributed by atoms with Crippen LogP contribution in [0, 0.1) is 0 Å². The van der Waals surface area contributed by atoms with Crippen LogP contribution in [0.4, 0.5) is 0 Å². The molecule has 0 aliphatic carbocycles. The zero-order chi connectivity index (χ0) is 47.5. The summed E-state index contributed by atoms with van der Waals surface area (Å²) in [5.41, 5.74) is 9.15. The van der Waals surface area contributed by atoms with Crippen molar-refractivity contribution in [3.63, 3.8) is 0 Å². The molecule has 13 aromatic rings. The summed E-state index contributed by atoms with van der Waals surface area (Å²) in [7, 11) is 0. The third-order valence-corrected chi connectivity index (χ3v) is 11.8. The van der Waals surface area contributed by atoms with Gasteiger partial charge in [0.25, 0.3) is 0 Å². The number of nitrogens with zero attached hydrogens (tertiary/aromatic N) is 4. The third-order valence-electron chi connectivity index (χ3n) is 11.8. The largest absolute Gasteiger partial charge is 0.455 e. The molecule has 0 aliphatic heterocycles. The van der Waals surface area contributed by atoms with Crippen molar-refractivity contribution < 1.29 is 18.4 Å². The molecule has 4 heterocycles. The molecule has 6 heteroatoms. The normalized spacial score (nSPS) is 13.4. The van der Waals surface area contributed by atoms with Crippen LogP contribution in [0.25, 0.3) is 128 Å². The van der Waals surface area contributed by atoms with Gasteiger partial charge in [-0.3, -0.25) is 0 Å². The van der Waals surface area contributed by atoms with Crippen molar-refractivity contribution in [1.82, 2.24) is 19.5 Å². The topological polar surface area (TPSA) is 69.9 Å². The molecular formula is C57H34N4O2. The Morgan fingerprint density at radius 3 is 1.86 bits per heavy atom. The number of fused-ring (bicyclic) bond motifs is 9. The average Bonchev–Trinajstić information content (AvgIpc) is 4.10. The quantitative estimate of drug-likeness (QED) is 0.167. The lowest BCUT2D eigenvalue weighted by Crippen LogP contribution is -2.03. The van der Waals surface area contributed by atoms with Crippen LogP contribution in [0.2, 0.25) is 0 Å². The highest BCUT2D eigenvalue weighted by atomic mass is 16.3. The zero-order valence-electron chi connectivity index (χ0n) is 40.2. The van der Waals surface area contributed by atoms with E-state index in [9.17, 15) is 2.74 Å². The van der Waals surface area contributed by atoms with E-state index in [-0.39, 0.29) is 57.8 Å². The standard InChI is InChI=1S/C57H34N4O2/c1-2-15-35(16-3-1)36-31-32-52-47(34-36)44-25-13-23-39(53(44)63-52)37-17-12-18-38(33-37)55-58-56(60-57(59-55)46-26-14-24-43-42-21-7-11-30-51(42)62-54(43)46)45-22-6-10-29-50(45)61-48-27-8-4-19-40(48)41-20-5-9-28-49(41)61/h1-34H/i4D,5D,8D,19D,20D,27D,28D. The average molecular weight is 814 g/mol. The second-order valence-electron chi connectivity index (χ2n) is 15.4. The summed E-state index contributed by atoms with van der Waals surface area (Å²) >= 11 is 0. The van der Waals surface area contributed by atoms with Gasteiger partial charge in [-0.2, -0.15) is 0 Å². The molecule has 0 spiro atoms. The fraction of sp³-hybridized carbons (Fsp3) is 0. The number of aromatic nitrogens is 4. The van der Waals surface area contributed by atoms with Crippen molar-refractivity contribution in [2.45, 2.75) is 0 Å². The number of hydrogen-bond donors (Lipinski definition) is 0. The lowest BCUT2D eigenvalue weighted by atomic mass is 9.99. The fourth-order valence-corrected chi connectivity index (χ4v) is 8.90.